The Bertz CT molecular complexity index is 659. The largest absolute Gasteiger partial charge is 0.387 e. The predicted octanol–water partition coefficient (Wildman–Crippen LogP) is 3.20. The van der Waals surface area contributed by atoms with Crippen molar-refractivity contribution in [1.82, 2.24) is 15.5 Å². The molecule has 0 spiro atoms. The van der Waals surface area contributed by atoms with Gasteiger partial charge in [-0.25, -0.2) is 0 Å². The van der Waals surface area contributed by atoms with Gasteiger partial charge in [-0.15, -0.1) is 10.2 Å². The molecular weight excluding hydrogens is 342 g/mol. The number of aryl methyl sites for hydroxylation is 1. The first kappa shape index (κ1) is 18.9. The minimum Gasteiger partial charge on any atom is -0.387 e. The normalized spacial score (nSPS) is 12.8. The summed E-state index contributed by atoms with van der Waals surface area (Å²) in [6.45, 7) is 6.04. The summed E-state index contributed by atoms with van der Waals surface area (Å²) in [5.41, 5.74) is -0.134. The molecule has 1 aromatic heterocycles. The minimum absolute atomic E-state index is 0.143. The molecule has 1 heterocycles. The van der Waals surface area contributed by atoms with E-state index in [0.717, 1.165) is 27.1 Å². The van der Waals surface area contributed by atoms with Gasteiger partial charge in [0.25, 0.3) is 0 Å². The first-order chi connectivity index (χ1) is 11.4. The Hall–Kier alpha value is -1.44. The van der Waals surface area contributed by atoms with Crippen molar-refractivity contribution >= 4 is 29.0 Å². The van der Waals surface area contributed by atoms with Gasteiger partial charge in [0.15, 0.2) is 4.34 Å². The number of carbonyl (C=O) groups is 1. The second kappa shape index (κ2) is 8.60. The summed E-state index contributed by atoms with van der Waals surface area (Å²) < 4.78 is 0.957. The van der Waals surface area contributed by atoms with Crippen LogP contribution < -0.4 is 5.32 Å². The molecule has 0 aliphatic carbocycles. The Morgan fingerprint density at radius 2 is 2.04 bits per heavy atom. The molecule has 1 atom stereocenters. The fourth-order valence-electron chi connectivity index (χ4n) is 2.17. The van der Waals surface area contributed by atoms with E-state index in [9.17, 15) is 9.90 Å². The van der Waals surface area contributed by atoms with Gasteiger partial charge in [-0.1, -0.05) is 53.4 Å². The van der Waals surface area contributed by atoms with Crippen molar-refractivity contribution in [3.05, 3.63) is 40.9 Å². The second-order valence-corrected chi connectivity index (χ2v) is 8.60. The zero-order valence-corrected chi connectivity index (χ0v) is 15.8. The summed E-state index contributed by atoms with van der Waals surface area (Å²) in [5.74, 6) is 0.729. The predicted molar refractivity (Wildman–Crippen MR) is 98.2 cm³/mol. The third kappa shape index (κ3) is 5.03. The number of aliphatic hydroxyl groups is 1. The number of amides is 1. The number of hydrogen-bond acceptors (Lipinski definition) is 6. The molecular formula is C17H23N3O2S2. The number of carbonyl (C=O) groups excluding carboxylic acids is 1. The van der Waals surface area contributed by atoms with Gasteiger partial charge < -0.3 is 10.4 Å². The summed E-state index contributed by atoms with van der Waals surface area (Å²) in [7, 11) is 0. The highest BCUT2D eigenvalue weighted by atomic mass is 32.2. The molecule has 5 nitrogen and oxygen atoms in total. The molecule has 24 heavy (non-hydrogen) atoms. The number of benzene rings is 1. The topological polar surface area (TPSA) is 75.1 Å². The van der Waals surface area contributed by atoms with E-state index in [1.807, 2.05) is 37.3 Å². The second-order valence-electron chi connectivity index (χ2n) is 6.08. The molecule has 7 heteroatoms. The Balaban J connectivity index is 1.76. The van der Waals surface area contributed by atoms with Crippen LogP contribution in [-0.2, 0) is 4.79 Å². The minimum atomic E-state index is -0.884. The van der Waals surface area contributed by atoms with Gasteiger partial charge in [-0.05, 0) is 32.8 Å². The molecule has 1 aromatic carbocycles. The van der Waals surface area contributed by atoms with E-state index in [1.54, 1.807) is 36.9 Å². The molecule has 0 radical (unpaired) electrons. The van der Waals surface area contributed by atoms with Crippen LogP contribution in [-0.4, -0.2) is 33.5 Å². The van der Waals surface area contributed by atoms with E-state index >= 15 is 0 Å². The first-order valence-corrected chi connectivity index (χ1v) is 9.65. The monoisotopic (exact) mass is 365 g/mol. The lowest BCUT2D eigenvalue weighted by Crippen LogP contribution is -2.41. The van der Waals surface area contributed by atoms with Crippen LogP contribution >= 0.6 is 23.1 Å². The van der Waals surface area contributed by atoms with Crippen molar-refractivity contribution < 1.29 is 9.90 Å². The average Bonchev–Trinajstić information content (AvgIpc) is 2.99. The van der Waals surface area contributed by atoms with Gasteiger partial charge in [0.2, 0.25) is 5.91 Å². The lowest BCUT2D eigenvalue weighted by atomic mass is 9.81. The van der Waals surface area contributed by atoms with Crippen molar-refractivity contribution in [2.75, 3.05) is 12.3 Å². The molecule has 1 amide bonds. The van der Waals surface area contributed by atoms with E-state index < -0.39 is 11.5 Å². The molecule has 0 aliphatic heterocycles. The number of rotatable bonds is 8. The molecule has 0 fully saturated rings. The van der Waals surface area contributed by atoms with E-state index in [0.29, 0.717) is 6.54 Å². The van der Waals surface area contributed by atoms with Crippen LogP contribution in [0.15, 0.2) is 34.7 Å². The van der Waals surface area contributed by atoms with Gasteiger partial charge in [0.1, 0.15) is 5.01 Å². The van der Waals surface area contributed by atoms with Gasteiger partial charge in [0.05, 0.1) is 11.5 Å². The van der Waals surface area contributed by atoms with Crippen molar-refractivity contribution in [3.8, 4) is 0 Å². The Morgan fingerprint density at radius 1 is 1.33 bits per heavy atom. The number of nitrogens with zero attached hydrogens (tertiary/aromatic N) is 2. The van der Waals surface area contributed by atoms with Gasteiger partial charge >= 0.3 is 0 Å². The van der Waals surface area contributed by atoms with Gasteiger partial charge in [0, 0.05) is 12.3 Å². The Labute approximate surface area is 150 Å². The van der Waals surface area contributed by atoms with Crippen LogP contribution in [0.5, 0.6) is 0 Å². The maximum absolute atomic E-state index is 12.4. The highest BCUT2D eigenvalue weighted by Gasteiger charge is 2.36. The van der Waals surface area contributed by atoms with Gasteiger partial charge in [-0.3, -0.25) is 4.79 Å². The molecule has 2 aromatic rings. The molecule has 2 rings (SSSR count). The summed E-state index contributed by atoms with van der Waals surface area (Å²) in [5, 5.41) is 22.4. The van der Waals surface area contributed by atoms with Crippen molar-refractivity contribution in [2.45, 2.75) is 37.6 Å². The quantitative estimate of drug-likeness (QED) is 0.555. The lowest BCUT2D eigenvalue weighted by Gasteiger charge is -2.29. The summed E-state index contributed by atoms with van der Waals surface area (Å²) in [4.78, 5) is 12.4. The number of hydrogen-bond donors (Lipinski definition) is 2. The highest BCUT2D eigenvalue weighted by molar-refractivity contribution is 8.01. The van der Waals surface area contributed by atoms with Crippen molar-refractivity contribution in [3.63, 3.8) is 0 Å². The number of aliphatic hydroxyl groups excluding tert-OH is 1. The van der Waals surface area contributed by atoms with Gasteiger partial charge in [-0.2, -0.15) is 0 Å². The van der Waals surface area contributed by atoms with E-state index in [2.05, 4.69) is 15.5 Å². The average molecular weight is 366 g/mol. The molecule has 130 valence electrons. The van der Waals surface area contributed by atoms with Crippen LogP contribution in [0, 0.1) is 12.3 Å². The fraction of sp³-hybridized carbons (Fsp3) is 0.471. The SMILES string of the molecule is Cc1nnc(SCCCNC(=O)C(C)(C)C(O)c2ccccc2)s1. The zero-order chi connectivity index (χ0) is 17.6. The Morgan fingerprint density at radius 3 is 2.67 bits per heavy atom. The van der Waals surface area contributed by atoms with Crippen molar-refractivity contribution in [1.29, 1.82) is 0 Å². The summed E-state index contributed by atoms with van der Waals surface area (Å²) in [6.07, 6.45) is 0.00413. The number of nitrogens with one attached hydrogen (secondary N) is 1. The maximum Gasteiger partial charge on any atom is 0.228 e. The molecule has 1 unspecified atom stereocenters. The number of thioether (sulfide) groups is 1. The maximum atomic E-state index is 12.4. The van der Waals surface area contributed by atoms with E-state index in [4.69, 9.17) is 0 Å². The first-order valence-electron chi connectivity index (χ1n) is 7.85. The summed E-state index contributed by atoms with van der Waals surface area (Å²) in [6, 6.07) is 9.28. The molecule has 0 saturated carbocycles. The van der Waals surface area contributed by atoms with Crippen LogP contribution in [0.3, 0.4) is 0 Å². The third-order valence-corrected chi connectivity index (χ3v) is 5.78. The standard InChI is InChI=1S/C17H23N3O2S2/c1-12-19-20-16(24-12)23-11-7-10-18-15(22)17(2,3)14(21)13-8-5-4-6-9-13/h4-6,8-9,14,21H,7,10-11H2,1-3H3,(H,18,22). The third-order valence-electron chi connectivity index (χ3n) is 3.72. The summed E-state index contributed by atoms with van der Waals surface area (Å²) >= 11 is 3.23. The lowest BCUT2D eigenvalue weighted by molar-refractivity contribution is -0.135. The van der Waals surface area contributed by atoms with E-state index in [1.165, 1.54) is 0 Å². The van der Waals surface area contributed by atoms with Crippen LogP contribution in [0.2, 0.25) is 0 Å². The molecule has 0 bridgehead atoms. The zero-order valence-electron chi connectivity index (χ0n) is 14.2. The van der Waals surface area contributed by atoms with Crippen LogP contribution in [0.25, 0.3) is 0 Å². The van der Waals surface area contributed by atoms with Crippen LogP contribution in [0.4, 0.5) is 0 Å². The smallest absolute Gasteiger partial charge is 0.228 e. The Kier molecular flexibility index (Phi) is 6.77. The molecule has 2 N–H and O–H groups in total. The molecule has 0 saturated heterocycles. The molecule has 0 aliphatic rings. The highest BCUT2D eigenvalue weighted by Crippen LogP contribution is 2.33. The van der Waals surface area contributed by atoms with Crippen molar-refractivity contribution in [2.24, 2.45) is 5.41 Å². The fourth-order valence-corrected chi connectivity index (χ4v) is 4.00. The van der Waals surface area contributed by atoms with Crippen LogP contribution in [0.1, 0.15) is 36.9 Å². The number of aromatic nitrogens is 2. The van der Waals surface area contributed by atoms with E-state index in [-0.39, 0.29) is 5.91 Å².